The second-order valence-corrected chi connectivity index (χ2v) is 9.14. The van der Waals surface area contributed by atoms with E-state index in [0.717, 1.165) is 29.9 Å². The van der Waals surface area contributed by atoms with Crippen molar-refractivity contribution in [1.82, 2.24) is 19.9 Å². The topological polar surface area (TPSA) is 88.8 Å². The summed E-state index contributed by atoms with van der Waals surface area (Å²) in [5.74, 6) is 0.254. The molecule has 2 aromatic heterocycles. The van der Waals surface area contributed by atoms with E-state index in [-0.39, 0.29) is 17.9 Å². The number of fused-ring (bicyclic) bond motifs is 1. The zero-order chi connectivity index (χ0) is 21.2. The lowest BCUT2D eigenvalue weighted by Gasteiger charge is -2.27. The fourth-order valence-corrected chi connectivity index (χ4v) is 5.24. The van der Waals surface area contributed by atoms with E-state index in [1.165, 1.54) is 0 Å². The lowest BCUT2D eigenvalue weighted by molar-refractivity contribution is -0.143. The molecule has 5 heterocycles. The van der Waals surface area contributed by atoms with Gasteiger partial charge >= 0.3 is 0 Å². The Kier molecular flexibility index (Phi) is 4.08. The van der Waals surface area contributed by atoms with Crippen molar-refractivity contribution in [3.05, 3.63) is 59.8 Å². The maximum atomic E-state index is 13.4. The molecule has 2 amide bonds. The molecule has 0 radical (unpaired) electrons. The van der Waals surface area contributed by atoms with Gasteiger partial charge in [-0.05, 0) is 24.5 Å². The number of hydrogen-bond donors (Lipinski definition) is 0. The van der Waals surface area contributed by atoms with Crippen LogP contribution in [-0.4, -0.2) is 57.1 Å². The highest BCUT2D eigenvalue weighted by molar-refractivity contribution is 5.93. The highest BCUT2D eigenvalue weighted by Crippen LogP contribution is 2.52. The molecule has 1 spiro atoms. The van der Waals surface area contributed by atoms with Crippen molar-refractivity contribution in [3.8, 4) is 0 Å². The third-order valence-electron chi connectivity index (χ3n) is 6.89. The zero-order valence-corrected chi connectivity index (χ0v) is 17.3. The number of rotatable bonds is 6. The van der Waals surface area contributed by atoms with E-state index in [2.05, 4.69) is 10.1 Å². The smallest absolute Gasteiger partial charge is 0.230 e. The summed E-state index contributed by atoms with van der Waals surface area (Å²) in [5, 5.41) is 4.12. The van der Waals surface area contributed by atoms with Gasteiger partial charge in [-0.2, -0.15) is 0 Å². The fourth-order valence-electron chi connectivity index (χ4n) is 5.24. The molecule has 0 unspecified atom stereocenters. The zero-order valence-electron chi connectivity index (χ0n) is 17.3. The molecule has 6 rings (SSSR count). The third-order valence-corrected chi connectivity index (χ3v) is 6.89. The largest absolute Gasteiger partial charge is 0.361 e. The molecule has 4 aliphatic rings. The van der Waals surface area contributed by atoms with Gasteiger partial charge in [-0.1, -0.05) is 23.4 Å². The fraction of sp³-hybridized carbons (Fsp3) is 0.478. The summed E-state index contributed by atoms with van der Waals surface area (Å²) in [6, 6.07) is 5.75. The number of likely N-dealkylation sites (tertiary alicyclic amines) is 1. The van der Waals surface area contributed by atoms with Crippen LogP contribution in [0.1, 0.15) is 35.8 Å². The Labute approximate surface area is 179 Å². The highest BCUT2D eigenvalue weighted by atomic mass is 16.5. The van der Waals surface area contributed by atoms with Crippen molar-refractivity contribution in [2.75, 3.05) is 13.6 Å². The molecule has 0 aromatic carbocycles. The molecular weight excluding hydrogens is 396 g/mol. The van der Waals surface area contributed by atoms with Crippen LogP contribution in [0.25, 0.3) is 0 Å². The first-order chi connectivity index (χ1) is 15.0. The normalized spacial score (nSPS) is 30.8. The Bertz CT molecular complexity index is 1060. The average molecular weight is 420 g/mol. The molecule has 2 aromatic rings. The minimum atomic E-state index is -0.710. The summed E-state index contributed by atoms with van der Waals surface area (Å²) in [5.41, 5.74) is 0.990. The lowest BCUT2D eigenvalue weighted by atomic mass is 9.76. The van der Waals surface area contributed by atoms with Crippen molar-refractivity contribution < 1.29 is 18.8 Å². The Morgan fingerprint density at radius 3 is 3.03 bits per heavy atom. The van der Waals surface area contributed by atoms with Gasteiger partial charge in [-0.15, -0.1) is 0 Å². The number of aromatic nitrogens is 2. The van der Waals surface area contributed by atoms with Gasteiger partial charge in [0.05, 0.1) is 31.0 Å². The van der Waals surface area contributed by atoms with Gasteiger partial charge < -0.3 is 19.1 Å². The van der Waals surface area contributed by atoms with Crippen LogP contribution in [0.3, 0.4) is 0 Å². The summed E-state index contributed by atoms with van der Waals surface area (Å²) in [6.45, 7) is 1.28. The Morgan fingerprint density at radius 1 is 1.39 bits per heavy atom. The minimum absolute atomic E-state index is 0.0279. The van der Waals surface area contributed by atoms with E-state index in [0.29, 0.717) is 25.6 Å². The van der Waals surface area contributed by atoms with Gasteiger partial charge in [0.1, 0.15) is 17.1 Å². The lowest BCUT2D eigenvalue weighted by Crippen LogP contribution is -2.44. The highest BCUT2D eigenvalue weighted by Gasteiger charge is 2.67. The maximum Gasteiger partial charge on any atom is 0.230 e. The molecule has 8 nitrogen and oxygen atoms in total. The van der Waals surface area contributed by atoms with Crippen LogP contribution in [-0.2, 0) is 27.4 Å². The number of hydrogen-bond acceptors (Lipinski definition) is 6. The first-order valence-electron chi connectivity index (χ1n) is 10.8. The first-order valence-corrected chi connectivity index (χ1v) is 10.8. The summed E-state index contributed by atoms with van der Waals surface area (Å²) < 4.78 is 11.6. The Balaban J connectivity index is 1.20. The van der Waals surface area contributed by atoms with Crippen LogP contribution in [0, 0.1) is 11.8 Å². The third kappa shape index (κ3) is 3.00. The summed E-state index contributed by atoms with van der Waals surface area (Å²) in [7, 11) is 1.75. The van der Waals surface area contributed by atoms with Crippen LogP contribution >= 0.6 is 0 Å². The molecule has 0 N–H and O–H groups in total. The van der Waals surface area contributed by atoms with Crippen molar-refractivity contribution in [1.29, 1.82) is 0 Å². The van der Waals surface area contributed by atoms with Gasteiger partial charge in [0.25, 0.3) is 0 Å². The van der Waals surface area contributed by atoms with Crippen LogP contribution in [0.15, 0.2) is 47.3 Å². The standard InChI is InChI=1S/C23H24N4O4/c1-26(12-16-9-18(31-25-16)15-4-5-15)21(28)19-17-6-7-23(30-17)13-27(22(29)20(19)23)11-14-3-2-8-24-10-14/h2-3,6-10,15,17,19-20H,4-5,11-13H2,1H3/t17-,19-,20-,23-/m0/s1. The van der Waals surface area contributed by atoms with Crippen LogP contribution in [0.2, 0.25) is 0 Å². The molecule has 1 aliphatic carbocycles. The number of nitrogens with zero attached hydrogens (tertiary/aromatic N) is 4. The molecule has 3 fully saturated rings. The number of pyridine rings is 1. The summed E-state index contributed by atoms with van der Waals surface area (Å²) in [4.78, 5) is 34.3. The van der Waals surface area contributed by atoms with Crippen molar-refractivity contribution in [2.24, 2.45) is 11.8 Å². The maximum absolute atomic E-state index is 13.4. The van der Waals surface area contributed by atoms with E-state index in [1.807, 2.05) is 30.4 Å². The van der Waals surface area contributed by atoms with Gasteiger partial charge in [-0.25, -0.2) is 0 Å². The molecule has 2 saturated heterocycles. The van der Waals surface area contributed by atoms with E-state index >= 15 is 0 Å². The summed E-state index contributed by atoms with van der Waals surface area (Å²) >= 11 is 0. The molecule has 160 valence electrons. The van der Waals surface area contributed by atoms with Crippen molar-refractivity contribution in [2.45, 2.75) is 43.6 Å². The van der Waals surface area contributed by atoms with Crippen molar-refractivity contribution >= 4 is 11.8 Å². The Hall–Kier alpha value is -3.00. The number of carbonyl (C=O) groups excluding carboxylic acids is 2. The van der Waals surface area contributed by atoms with Crippen LogP contribution in [0.4, 0.5) is 0 Å². The number of amides is 2. The van der Waals surface area contributed by atoms with E-state index in [4.69, 9.17) is 9.26 Å². The average Bonchev–Trinajstić information content (AvgIpc) is 3.13. The van der Waals surface area contributed by atoms with Gasteiger partial charge in [0.15, 0.2) is 0 Å². The Morgan fingerprint density at radius 2 is 2.26 bits per heavy atom. The van der Waals surface area contributed by atoms with Gasteiger partial charge in [-0.3, -0.25) is 14.6 Å². The molecule has 31 heavy (non-hydrogen) atoms. The van der Waals surface area contributed by atoms with E-state index in [9.17, 15) is 9.59 Å². The predicted molar refractivity (Wildman–Crippen MR) is 108 cm³/mol. The van der Waals surface area contributed by atoms with Gasteiger partial charge in [0.2, 0.25) is 11.8 Å². The molecule has 3 aliphatic heterocycles. The second-order valence-electron chi connectivity index (χ2n) is 9.14. The SMILES string of the molecule is CN(Cc1cc(C2CC2)on1)C(=O)[C@H]1[C@@H]2C=C[C@@]3(CN(Cc4cccnc4)C(=O)[C@H]13)O2. The van der Waals surface area contributed by atoms with E-state index in [1.54, 1.807) is 29.2 Å². The molecule has 2 bridgehead atoms. The second kappa shape index (κ2) is 6.75. The first kappa shape index (κ1) is 18.7. The molecule has 1 saturated carbocycles. The van der Waals surface area contributed by atoms with Crippen LogP contribution < -0.4 is 0 Å². The number of carbonyl (C=O) groups is 2. The monoisotopic (exact) mass is 420 g/mol. The van der Waals surface area contributed by atoms with Gasteiger partial charge in [0, 0.05) is 38.0 Å². The van der Waals surface area contributed by atoms with Crippen molar-refractivity contribution in [3.63, 3.8) is 0 Å². The molecular formula is C23H24N4O4. The molecule has 4 atom stereocenters. The summed E-state index contributed by atoms with van der Waals surface area (Å²) in [6.07, 6.45) is 9.31. The van der Waals surface area contributed by atoms with E-state index < -0.39 is 17.4 Å². The number of ether oxygens (including phenoxy) is 1. The quantitative estimate of drug-likeness (QED) is 0.663. The molecule has 8 heteroatoms. The van der Waals surface area contributed by atoms with Crippen LogP contribution in [0.5, 0.6) is 0 Å². The minimum Gasteiger partial charge on any atom is -0.361 e. The predicted octanol–water partition coefficient (Wildman–Crippen LogP) is 1.89.